The minimum atomic E-state index is -3.44. The van der Waals surface area contributed by atoms with E-state index in [-0.39, 0.29) is 18.0 Å². The summed E-state index contributed by atoms with van der Waals surface area (Å²) in [5.41, 5.74) is 1.14. The van der Waals surface area contributed by atoms with Gasteiger partial charge in [-0.15, -0.1) is 0 Å². The Labute approximate surface area is 142 Å². The molecular weight excluding hydrogens is 328 g/mol. The molecule has 4 atom stereocenters. The Morgan fingerprint density at radius 3 is 2.58 bits per heavy atom. The van der Waals surface area contributed by atoms with Crippen molar-refractivity contribution >= 4 is 21.6 Å². The highest BCUT2D eigenvalue weighted by Gasteiger charge is 2.65. The van der Waals surface area contributed by atoms with Crippen LogP contribution in [0, 0.1) is 0 Å². The number of hydrogen-bond acceptors (Lipinski definition) is 4. The molecule has 2 aliphatic heterocycles. The summed E-state index contributed by atoms with van der Waals surface area (Å²) in [6.45, 7) is 1.47. The molecule has 1 amide bonds. The van der Waals surface area contributed by atoms with Gasteiger partial charge < -0.3 is 10.0 Å². The number of amides is 1. The number of nitrogens with zero attached hydrogens (tertiary/aromatic N) is 2. The zero-order valence-corrected chi connectivity index (χ0v) is 14.7. The largest absolute Gasteiger partial charge is 0.373 e. The van der Waals surface area contributed by atoms with Gasteiger partial charge >= 0.3 is 0 Å². The molecule has 24 heavy (non-hydrogen) atoms. The number of fused-ring (bicyclic) bond motifs is 1. The number of hydrogen-bond donors (Lipinski definition) is 1. The first-order valence-corrected chi connectivity index (χ1v) is 10.2. The summed E-state index contributed by atoms with van der Waals surface area (Å²) in [6.07, 6.45) is 3.15. The fourth-order valence-corrected chi connectivity index (χ4v) is 6.64. The van der Waals surface area contributed by atoms with Crippen LogP contribution in [-0.4, -0.2) is 48.9 Å². The zero-order chi connectivity index (χ0) is 17.3. The number of likely N-dealkylation sites (tertiary alicyclic amines) is 1. The van der Waals surface area contributed by atoms with Gasteiger partial charge in [-0.3, -0.25) is 9.10 Å². The number of carbonyl (C=O) groups excluding carboxylic acids is 1. The number of para-hydroxylation sites is 1. The van der Waals surface area contributed by atoms with Crippen molar-refractivity contribution in [1.82, 2.24) is 4.90 Å². The van der Waals surface area contributed by atoms with Gasteiger partial charge in [0, 0.05) is 24.8 Å². The Balaban J connectivity index is 1.97. The maximum Gasteiger partial charge on any atom is 0.232 e. The van der Waals surface area contributed by atoms with E-state index in [1.54, 1.807) is 4.90 Å². The quantitative estimate of drug-likeness (QED) is 0.825. The van der Waals surface area contributed by atoms with Gasteiger partial charge in [0.15, 0.2) is 0 Å². The lowest BCUT2D eigenvalue weighted by Crippen LogP contribution is -2.56. The van der Waals surface area contributed by atoms with Crippen molar-refractivity contribution in [3.05, 3.63) is 29.8 Å². The van der Waals surface area contributed by atoms with Crippen molar-refractivity contribution < 1.29 is 18.3 Å². The second-order valence-corrected chi connectivity index (χ2v) is 9.05. The molecule has 0 bridgehead atoms. The second-order valence-electron chi connectivity index (χ2n) is 7.19. The molecule has 1 N–H and O–H groups in total. The van der Waals surface area contributed by atoms with Crippen LogP contribution in [0.2, 0.25) is 0 Å². The number of rotatable bonds is 1. The van der Waals surface area contributed by atoms with E-state index in [1.165, 1.54) is 17.5 Å². The van der Waals surface area contributed by atoms with Gasteiger partial charge in [-0.25, -0.2) is 8.42 Å². The van der Waals surface area contributed by atoms with E-state index in [0.29, 0.717) is 12.1 Å². The third kappa shape index (κ3) is 1.85. The molecule has 130 valence electrons. The minimum Gasteiger partial charge on any atom is -0.373 e. The number of aliphatic hydroxyl groups is 1. The summed E-state index contributed by atoms with van der Waals surface area (Å²) < 4.78 is 26.6. The summed E-state index contributed by atoms with van der Waals surface area (Å²) in [5.74, 6) is -0.152. The van der Waals surface area contributed by atoms with E-state index in [1.807, 2.05) is 24.3 Å². The molecule has 2 fully saturated rings. The number of carbonyl (C=O) groups is 1. The molecule has 1 spiro atoms. The van der Waals surface area contributed by atoms with Crippen LogP contribution < -0.4 is 4.31 Å². The Morgan fingerprint density at radius 2 is 1.92 bits per heavy atom. The molecule has 1 saturated heterocycles. The summed E-state index contributed by atoms with van der Waals surface area (Å²) in [5, 5.41) is 10.6. The van der Waals surface area contributed by atoms with Crippen LogP contribution in [0.3, 0.4) is 0 Å². The summed E-state index contributed by atoms with van der Waals surface area (Å²) in [7, 11) is -3.44. The molecule has 1 aliphatic carbocycles. The van der Waals surface area contributed by atoms with E-state index in [0.717, 1.165) is 24.8 Å². The topological polar surface area (TPSA) is 77.9 Å². The van der Waals surface area contributed by atoms with Gasteiger partial charge in [0.25, 0.3) is 0 Å². The van der Waals surface area contributed by atoms with E-state index < -0.39 is 21.7 Å². The number of benzene rings is 1. The van der Waals surface area contributed by atoms with Crippen LogP contribution in [-0.2, 0) is 20.2 Å². The van der Waals surface area contributed by atoms with Crippen molar-refractivity contribution in [2.45, 2.75) is 56.3 Å². The molecule has 1 aromatic carbocycles. The van der Waals surface area contributed by atoms with Crippen LogP contribution in [0.1, 0.15) is 38.2 Å². The first-order chi connectivity index (χ1) is 11.3. The lowest BCUT2D eigenvalue weighted by molar-refractivity contribution is -0.139. The zero-order valence-electron chi connectivity index (χ0n) is 13.8. The van der Waals surface area contributed by atoms with Gasteiger partial charge in [0.05, 0.1) is 18.0 Å². The van der Waals surface area contributed by atoms with E-state index in [4.69, 9.17) is 0 Å². The molecule has 1 saturated carbocycles. The summed E-state index contributed by atoms with van der Waals surface area (Å²) in [6, 6.07) is 7.16. The molecule has 1 unspecified atom stereocenters. The van der Waals surface area contributed by atoms with Crippen LogP contribution in [0.4, 0.5) is 5.69 Å². The van der Waals surface area contributed by atoms with Gasteiger partial charge in [0.2, 0.25) is 15.9 Å². The van der Waals surface area contributed by atoms with Crippen molar-refractivity contribution in [2.75, 3.05) is 10.6 Å². The average Bonchev–Trinajstić information content (AvgIpc) is 2.95. The molecule has 6 nitrogen and oxygen atoms in total. The molecule has 3 aliphatic rings. The Morgan fingerprint density at radius 1 is 1.25 bits per heavy atom. The van der Waals surface area contributed by atoms with Crippen molar-refractivity contribution in [1.29, 1.82) is 0 Å². The average molecular weight is 350 g/mol. The molecule has 4 rings (SSSR count). The summed E-state index contributed by atoms with van der Waals surface area (Å²) >= 11 is 0. The predicted octanol–water partition coefficient (Wildman–Crippen LogP) is 1.20. The van der Waals surface area contributed by atoms with E-state index in [9.17, 15) is 18.3 Å². The Hall–Kier alpha value is -1.60. The van der Waals surface area contributed by atoms with Crippen LogP contribution in [0.15, 0.2) is 24.3 Å². The van der Waals surface area contributed by atoms with Gasteiger partial charge in [-0.05, 0) is 30.9 Å². The first-order valence-electron chi connectivity index (χ1n) is 8.34. The molecule has 2 heterocycles. The third-order valence-electron chi connectivity index (χ3n) is 5.97. The molecule has 7 heteroatoms. The lowest BCUT2D eigenvalue weighted by atomic mass is 9.65. The number of sulfonamides is 1. The van der Waals surface area contributed by atoms with Crippen LogP contribution >= 0.6 is 0 Å². The second kappa shape index (κ2) is 4.95. The predicted molar refractivity (Wildman–Crippen MR) is 90.0 cm³/mol. The van der Waals surface area contributed by atoms with Crippen molar-refractivity contribution in [3.63, 3.8) is 0 Å². The monoisotopic (exact) mass is 350 g/mol. The Kier molecular flexibility index (Phi) is 3.28. The van der Waals surface area contributed by atoms with Crippen LogP contribution in [0.25, 0.3) is 0 Å². The normalized spacial score (nSPS) is 34.7. The summed E-state index contributed by atoms with van der Waals surface area (Å²) in [4.78, 5) is 13.7. The first kappa shape index (κ1) is 15.9. The maximum absolute atomic E-state index is 12.5. The molecule has 1 aromatic rings. The molecule has 0 radical (unpaired) electrons. The minimum absolute atomic E-state index is 0.152. The number of anilines is 1. The fraction of sp³-hybridized carbons (Fsp3) is 0.588. The van der Waals surface area contributed by atoms with E-state index >= 15 is 0 Å². The maximum atomic E-state index is 12.5. The van der Waals surface area contributed by atoms with Gasteiger partial charge in [0.1, 0.15) is 6.23 Å². The highest BCUT2D eigenvalue weighted by molar-refractivity contribution is 7.92. The number of aliphatic hydroxyl groups excluding tert-OH is 1. The molecule has 0 aromatic heterocycles. The molecular formula is C17H22N2O4S. The Bertz CT molecular complexity index is 809. The lowest BCUT2D eigenvalue weighted by Gasteiger charge is -2.45. The third-order valence-corrected chi connectivity index (χ3v) is 7.13. The van der Waals surface area contributed by atoms with Crippen LogP contribution in [0.5, 0.6) is 0 Å². The van der Waals surface area contributed by atoms with Gasteiger partial charge in [-0.2, -0.15) is 0 Å². The van der Waals surface area contributed by atoms with E-state index in [2.05, 4.69) is 0 Å². The highest BCUT2D eigenvalue weighted by atomic mass is 32.2. The standard InChI is InChI=1S/C17H22N2O4S/c1-11(20)18-14-8-5-9-15-17(14,10-16(18)21)12-6-3-4-7-13(12)19(15)24(2,22)23/h3-4,6-7,14-16,21H,5,8-10H2,1-2H3/t14-,15-,16?,17+/m0/s1. The highest BCUT2D eigenvalue weighted by Crippen LogP contribution is 2.59. The smallest absolute Gasteiger partial charge is 0.232 e. The van der Waals surface area contributed by atoms with Crippen molar-refractivity contribution in [2.24, 2.45) is 0 Å². The van der Waals surface area contributed by atoms with Gasteiger partial charge in [-0.1, -0.05) is 18.2 Å². The fourth-order valence-electron chi connectivity index (χ4n) is 5.37. The SMILES string of the molecule is CC(=O)N1C(O)C[C@]23c4ccccc4N(S(C)(=O)=O)[C@H]2CCC[C@H]13. The van der Waals surface area contributed by atoms with Crippen molar-refractivity contribution in [3.8, 4) is 0 Å².